The van der Waals surface area contributed by atoms with E-state index in [-0.39, 0.29) is 23.5 Å². The topological polar surface area (TPSA) is 92.4 Å². The molecule has 1 atom stereocenters. The molecule has 1 unspecified atom stereocenters. The number of aliphatic imine (C=N–C) groups is 1. The number of para-hydroxylation sites is 1. The number of benzodiazepines with no additional fused rings is 1. The minimum absolute atomic E-state index is 0.0300. The summed E-state index contributed by atoms with van der Waals surface area (Å²) in [4.78, 5) is 17.4. The summed E-state index contributed by atoms with van der Waals surface area (Å²) in [5.74, 6) is -1.04. The van der Waals surface area contributed by atoms with Crippen LogP contribution in [0, 0.1) is 11.6 Å². The van der Waals surface area contributed by atoms with Gasteiger partial charge in [0.2, 0.25) is 12.1 Å². The molecule has 1 aromatic heterocycles. The van der Waals surface area contributed by atoms with Gasteiger partial charge in [0.05, 0.1) is 11.4 Å². The molecule has 2 heterocycles. The lowest BCUT2D eigenvalue weighted by Crippen LogP contribution is -2.32. The van der Waals surface area contributed by atoms with E-state index < -0.39 is 12.1 Å². The van der Waals surface area contributed by atoms with Crippen LogP contribution in [0.1, 0.15) is 11.1 Å². The average molecular weight is 431 g/mol. The molecule has 4 aromatic rings. The molecule has 0 spiro atoms. The third-order valence-electron chi connectivity index (χ3n) is 4.84. The van der Waals surface area contributed by atoms with Gasteiger partial charge in [0.1, 0.15) is 11.6 Å². The monoisotopic (exact) mass is 431 g/mol. The summed E-state index contributed by atoms with van der Waals surface area (Å²) in [6.07, 6.45) is -1.09. The van der Waals surface area contributed by atoms with E-state index in [2.05, 4.69) is 25.8 Å². The molecule has 3 aromatic carbocycles. The number of hydrogen-bond acceptors (Lipinski definition) is 6. The number of fused-ring (bicyclic) bond motifs is 1. The highest BCUT2D eigenvalue weighted by molar-refractivity contribution is 6.19. The van der Waals surface area contributed by atoms with Crippen molar-refractivity contribution < 1.29 is 18.0 Å². The fourth-order valence-electron chi connectivity index (χ4n) is 3.30. The highest BCUT2D eigenvalue weighted by Crippen LogP contribution is 2.26. The zero-order chi connectivity index (χ0) is 22.1. The van der Waals surface area contributed by atoms with Crippen molar-refractivity contribution >= 4 is 23.3 Å². The normalized spacial score (nSPS) is 15.4. The van der Waals surface area contributed by atoms with Crippen molar-refractivity contribution in [2.75, 3.05) is 10.6 Å². The molecule has 32 heavy (non-hydrogen) atoms. The largest absolute Gasteiger partial charge is 0.403 e. The molecule has 9 heteroatoms. The zero-order valence-corrected chi connectivity index (χ0v) is 16.4. The van der Waals surface area contributed by atoms with Gasteiger partial charge in [-0.2, -0.15) is 0 Å². The number of aromatic nitrogens is 2. The number of amides is 1. The van der Waals surface area contributed by atoms with Crippen LogP contribution in [-0.4, -0.2) is 28.0 Å². The molecule has 0 bridgehead atoms. The first-order valence-corrected chi connectivity index (χ1v) is 9.67. The number of carbonyl (C=O) groups excluding carboxylic acids is 1. The van der Waals surface area contributed by atoms with E-state index >= 15 is 0 Å². The number of benzene rings is 3. The molecule has 0 fully saturated rings. The Labute approximate surface area is 180 Å². The SMILES string of the molecule is O=C1Nc2ccccc2C(c2ccc(F)cc2)=NC1Nc1nnc(-c2ccc(F)cc2)o1. The van der Waals surface area contributed by atoms with Gasteiger partial charge >= 0.3 is 6.01 Å². The maximum atomic E-state index is 13.5. The van der Waals surface area contributed by atoms with E-state index in [1.165, 1.54) is 36.4 Å². The number of rotatable bonds is 4. The quantitative estimate of drug-likeness (QED) is 0.504. The fraction of sp³-hybridized carbons (Fsp3) is 0.0435. The highest BCUT2D eigenvalue weighted by Gasteiger charge is 2.27. The second-order valence-corrected chi connectivity index (χ2v) is 6.99. The van der Waals surface area contributed by atoms with Crippen LogP contribution in [0.4, 0.5) is 20.5 Å². The molecule has 0 saturated carbocycles. The molecule has 1 amide bonds. The Morgan fingerprint density at radius 2 is 1.50 bits per heavy atom. The second-order valence-electron chi connectivity index (χ2n) is 6.99. The van der Waals surface area contributed by atoms with E-state index in [0.717, 1.165) is 0 Å². The third-order valence-corrected chi connectivity index (χ3v) is 4.84. The molecule has 0 radical (unpaired) electrons. The van der Waals surface area contributed by atoms with Gasteiger partial charge in [-0.3, -0.25) is 4.79 Å². The Balaban J connectivity index is 1.50. The summed E-state index contributed by atoms with van der Waals surface area (Å²) in [7, 11) is 0. The maximum absolute atomic E-state index is 13.5. The van der Waals surface area contributed by atoms with Gasteiger partial charge in [-0.05, 0) is 54.6 Å². The second kappa shape index (κ2) is 8.03. The molecule has 0 aliphatic carbocycles. The van der Waals surface area contributed by atoms with Crippen molar-refractivity contribution in [1.29, 1.82) is 0 Å². The number of carbonyl (C=O) groups is 1. The molecular formula is C23H15F2N5O2. The summed E-state index contributed by atoms with van der Waals surface area (Å²) < 4.78 is 32.2. The van der Waals surface area contributed by atoms with E-state index in [1.807, 2.05) is 12.1 Å². The molecule has 5 rings (SSSR count). The molecular weight excluding hydrogens is 416 g/mol. The lowest BCUT2D eigenvalue weighted by molar-refractivity contribution is -0.116. The van der Waals surface area contributed by atoms with Gasteiger partial charge in [0.25, 0.3) is 5.91 Å². The van der Waals surface area contributed by atoms with Crippen molar-refractivity contribution in [3.63, 3.8) is 0 Å². The average Bonchev–Trinajstić information content (AvgIpc) is 3.21. The summed E-state index contributed by atoms with van der Waals surface area (Å²) in [5, 5.41) is 13.5. The van der Waals surface area contributed by atoms with Gasteiger partial charge in [0.15, 0.2) is 0 Å². The van der Waals surface area contributed by atoms with Crippen LogP contribution in [0.3, 0.4) is 0 Å². The molecule has 2 N–H and O–H groups in total. The lowest BCUT2D eigenvalue weighted by Gasteiger charge is -2.11. The lowest BCUT2D eigenvalue weighted by atomic mass is 10.0. The standard InChI is InChI=1S/C23H15F2N5O2/c24-15-9-5-13(6-10-15)19-17-3-1-2-4-18(17)26-21(31)20(27-19)28-23-30-29-22(32-23)14-7-11-16(25)12-8-14/h1-12,20H,(H,26,31)(H,28,30). The van der Waals surface area contributed by atoms with Gasteiger partial charge in [0, 0.05) is 16.7 Å². The van der Waals surface area contributed by atoms with Crippen molar-refractivity contribution in [2.24, 2.45) is 4.99 Å². The molecule has 0 saturated heterocycles. The summed E-state index contributed by atoms with van der Waals surface area (Å²) in [6, 6.07) is 18.6. The minimum atomic E-state index is -1.09. The van der Waals surface area contributed by atoms with Crippen LogP contribution in [0.25, 0.3) is 11.5 Å². The minimum Gasteiger partial charge on any atom is -0.403 e. The zero-order valence-electron chi connectivity index (χ0n) is 16.4. The van der Waals surface area contributed by atoms with Gasteiger partial charge in [-0.15, -0.1) is 5.10 Å². The van der Waals surface area contributed by atoms with Gasteiger partial charge < -0.3 is 15.1 Å². The van der Waals surface area contributed by atoms with Crippen molar-refractivity contribution in [1.82, 2.24) is 10.2 Å². The van der Waals surface area contributed by atoms with E-state index in [1.54, 1.807) is 24.3 Å². The Morgan fingerprint density at radius 3 is 2.22 bits per heavy atom. The van der Waals surface area contributed by atoms with Gasteiger partial charge in [-0.1, -0.05) is 23.3 Å². The van der Waals surface area contributed by atoms with Crippen molar-refractivity contribution in [2.45, 2.75) is 6.17 Å². The summed E-state index contributed by atoms with van der Waals surface area (Å²) >= 11 is 0. The number of anilines is 2. The summed E-state index contributed by atoms with van der Waals surface area (Å²) in [6.45, 7) is 0. The highest BCUT2D eigenvalue weighted by atomic mass is 19.1. The Bertz CT molecular complexity index is 1320. The number of nitrogens with zero attached hydrogens (tertiary/aromatic N) is 3. The van der Waals surface area contributed by atoms with Crippen LogP contribution >= 0.6 is 0 Å². The van der Waals surface area contributed by atoms with E-state index in [9.17, 15) is 13.6 Å². The fourth-order valence-corrected chi connectivity index (χ4v) is 3.30. The predicted molar refractivity (Wildman–Crippen MR) is 114 cm³/mol. The predicted octanol–water partition coefficient (Wildman–Crippen LogP) is 4.24. The van der Waals surface area contributed by atoms with Crippen LogP contribution in [0.2, 0.25) is 0 Å². The van der Waals surface area contributed by atoms with Crippen LogP contribution in [0.15, 0.2) is 82.2 Å². The molecule has 1 aliphatic heterocycles. The number of nitrogens with one attached hydrogen (secondary N) is 2. The number of hydrogen-bond donors (Lipinski definition) is 2. The van der Waals surface area contributed by atoms with E-state index in [0.29, 0.717) is 28.1 Å². The number of halogens is 2. The first-order chi connectivity index (χ1) is 15.6. The van der Waals surface area contributed by atoms with E-state index in [4.69, 9.17) is 4.42 Å². The molecule has 1 aliphatic rings. The van der Waals surface area contributed by atoms with Crippen molar-refractivity contribution in [3.05, 3.63) is 95.6 Å². The van der Waals surface area contributed by atoms with Crippen molar-refractivity contribution in [3.8, 4) is 11.5 Å². The summed E-state index contributed by atoms with van der Waals surface area (Å²) in [5.41, 5.74) is 2.92. The molecule has 7 nitrogen and oxygen atoms in total. The third kappa shape index (κ3) is 3.83. The first-order valence-electron chi connectivity index (χ1n) is 9.67. The molecule has 158 valence electrons. The van der Waals surface area contributed by atoms with Crippen LogP contribution in [0.5, 0.6) is 0 Å². The Kier molecular flexibility index (Phi) is 4.91. The Morgan fingerprint density at radius 1 is 0.844 bits per heavy atom. The van der Waals surface area contributed by atoms with Gasteiger partial charge in [-0.25, -0.2) is 13.8 Å². The maximum Gasteiger partial charge on any atom is 0.317 e. The van der Waals surface area contributed by atoms with Crippen LogP contribution in [-0.2, 0) is 4.79 Å². The Hall–Kier alpha value is -4.40. The smallest absolute Gasteiger partial charge is 0.317 e. The van der Waals surface area contributed by atoms with Crippen LogP contribution < -0.4 is 10.6 Å². The first kappa shape index (κ1) is 19.6.